The highest BCUT2D eigenvalue weighted by Crippen LogP contribution is 2.24. The Labute approximate surface area is 130 Å². The Balaban J connectivity index is 2.29. The van der Waals surface area contributed by atoms with E-state index in [0.717, 1.165) is 50.1 Å². The summed E-state index contributed by atoms with van der Waals surface area (Å²) in [6.45, 7) is 5.11. The summed E-state index contributed by atoms with van der Waals surface area (Å²) in [5, 5.41) is 12.8. The molecule has 0 heterocycles. The van der Waals surface area contributed by atoms with Crippen LogP contribution in [-0.4, -0.2) is 29.5 Å². The van der Waals surface area contributed by atoms with Gasteiger partial charge in [-0.3, -0.25) is 0 Å². The summed E-state index contributed by atoms with van der Waals surface area (Å²) in [4.78, 5) is 0.365. The fourth-order valence-electron chi connectivity index (χ4n) is 2.04. The normalized spacial score (nSPS) is 14.1. The average molecular weight is 317 g/mol. The van der Waals surface area contributed by atoms with E-state index in [1.807, 2.05) is 6.92 Å². The predicted octanol–water partition coefficient (Wildman–Crippen LogP) is 3.98. The monoisotopic (exact) mass is 317 g/mol. The number of halogens is 2. The molecule has 0 radical (unpaired) electrons. The second-order valence-electron chi connectivity index (χ2n) is 5.53. The van der Waals surface area contributed by atoms with Crippen LogP contribution in [0.3, 0.4) is 0 Å². The number of hydrogen-bond donors (Lipinski definition) is 2. The van der Waals surface area contributed by atoms with Crippen LogP contribution in [0.25, 0.3) is 0 Å². The second kappa shape index (κ2) is 9.38. The van der Waals surface area contributed by atoms with E-state index in [2.05, 4.69) is 12.2 Å². The molecule has 120 valence electrons. The molecule has 5 heteroatoms. The maximum atomic E-state index is 13.4. The van der Waals surface area contributed by atoms with Crippen molar-refractivity contribution in [1.29, 1.82) is 0 Å². The molecular weight excluding hydrogens is 292 g/mol. The van der Waals surface area contributed by atoms with Crippen molar-refractivity contribution in [3.05, 3.63) is 29.8 Å². The summed E-state index contributed by atoms with van der Waals surface area (Å²) in [6.07, 6.45) is 3.75. The number of aliphatic hydroxyl groups excluding tert-OH is 1. The summed E-state index contributed by atoms with van der Waals surface area (Å²) >= 11 is 1.34. The summed E-state index contributed by atoms with van der Waals surface area (Å²) in [7, 11) is 0. The maximum absolute atomic E-state index is 13.4. The van der Waals surface area contributed by atoms with E-state index in [4.69, 9.17) is 0 Å². The SMILES string of the molecule is CCCNC(C)(CO)CCCCSc1cc(F)ccc1F. The number of unbranched alkanes of at least 4 members (excludes halogenated alkanes) is 1. The van der Waals surface area contributed by atoms with Crippen molar-refractivity contribution in [2.75, 3.05) is 18.9 Å². The average Bonchev–Trinajstić information content (AvgIpc) is 2.48. The zero-order valence-corrected chi connectivity index (χ0v) is 13.6. The van der Waals surface area contributed by atoms with Crippen LogP contribution in [0.15, 0.2) is 23.1 Å². The molecule has 1 aromatic rings. The molecule has 1 atom stereocenters. The van der Waals surface area contributed by atoms with E-state index in [1.165, 1.54) is 17.8 Å². The molecule has 2 nitrogen and oxygen atoms in total. The van der Waals surface area contributed by atoms with Crippen LogP contribution >= 0.6 is 11.8 Å². The molecule has 0 aliphatic carbocycles. The minimum Gasteiger partial charge on any atom is -0.394 e. The first-order valence-electron chi connectivity index (χ1n) is 7.44. The molecule has 0 aliphatic heterocycles. The number of thioether (sulfide) groups is 1. The highest BCUT2D eigenvalue weighted by Gasteiger charge is 2.21. The van der Waals surface area contributed by atoms with Crippen LogP contribution in [0, 0.1) is 11.6 Å². The van der Waals surface area contributed by atoms with Crippen molar-refractivity contribution < 1.29 is 13.9 Å². The van der Waals surface area contributed by atoms with Gasteiger partial charge in [0.2, 0.25) is 0 Å². The van der Waals surface area contributed by atoms with Gasteiger partial charge in [-0.25, -0.2) is 8.78 Å². The minimum atomic E-state index is -0.407. The first kappa shape index (κ1) is 18.4. The molecule has 0 aliphatic rings. The summed E-state index contributed by atoms with van der Waals surface area (Å²) in [5.74, 6) is -0.0305. The molecule has 0 saturated carbocycles. The van der Waals surface area contributed by atoms with Crippen molar-refractivity contribution in [3.8, 4) is 0 Å². The van der Waals surface area contributed by atoms with E-state index in [9.17, 15) is 13.9 Å². The van der Waals surface area contributed by atoms with E-state index in [0.29, 0.717) is 4.90 Å². The van der Waals surface area contributed by atoms with Crippen molar-refractivity contribution in [1.82, 2.24) is 5.32 Å². The first-order valence-corrected chi connectivity index (χ1v) is 8.43. The van der Waals surface area contributed by atoms with Crippen LogP contribution in [0.4, 0.5) is 8.78 Å². The molecule has 0 bridgehead atoms. The summed E-state index contributed by atoms with van der Waals surface area (Å²) < 4.78 is 26.5. The predicted molar refractivity (Wildman–Crippen MR) is 84.7 cm³/mol. The number of aliphatic hydroxyl groups is 1. The molecule has 1 rings (SSSR count). The van der Waals surface area contributed by atoms with Crippen molar-refractivity contribution >= 4 is 11.8 Å². The van der Waals surface area contributed by atoms with Crippen LogP contribution in [0.1, 0.15) is 39.5 Å². The third kappa shape index (κ3) is 6.76. The third-order valence-electron chi connectivity index (χ3n) is 3.42. The Hall–Kier alpha value is -0.650. The molecule has 1 aromatic carbocycles. The van der Waals surface area contributed by atoms with Gasteiger partial charge >= 0.3 is 0 Å². The molecule has 1 unspecified atom stereocenters. The lowest BCUT2D eigenvalue weighted by molar-refractivity contribution is 0.163. The second-order valence-corrected chi connectivity index (χ2v) is 6.66. The van der Waals surface area contributed by atoms with Gasteiger partial charge in [0, 0.05) is 10.4 Å². The highest BCUT2D eigenvalue weighted by molar-refractivity contribution is 7.99. The van der Waals surface area contributed by atoms with Gasteiger partial charge in [0.25, 0.3) is 0 Å². The smallest absolute Gasteiger partial charge is 0.136 e. The summed E-state index contributed by atoms with van der Waals surface area (Å²) in [5.41, 5.74) is -0.245. The lowest BCUT2D eigenvalue weighted by Gasteiger charge is -2.28. The van der Waals surface area contributed by atoms with Gasteiger partial charge in [-0.1, -0.05) is 13.3 Å². The Bertz CT molecular complexity index is 431. The van der Waals surface area contributed by atoms with Gasteiger partial charge in [-0.2, -0.15) is 0 Å². The van der Waals surface area contributed by atoms with Crippen LogP contribution < -0.4 is 5.32 Å². The zero-order valence-electron chi connectivity index (χ0n) is 12.8. The topological polar surface area (TPSA) is 32.3 Å². The van der Waals surface area contributed by atoms with Crippen molar-refractivity contribution in [3.63, 3.8) is 0 Å². The molecular formula is C16H25F2NOS. The molecule has 21 heavy (non-hydrogen) atoms. The van der Waals surface area contributed by atoms with E-state index >= 15 is 0 Å². The Morgan fingerprint density at radius 3 is 2.71 bits per heavy atom. The third-order valence-corrected chi connectivity index (χ3v) is 4.54. The largest absolute Gasteiger partial charge is 0.394 e. The van der Waals surface area contributed by atoms with Crippen molar-refractivity contribution in [2.24, 2.45) is 0 Å². The van der Waals surface area contributed by atoms with Crippen LogP contribution in [0.5, 0.6) is 0 Å². The maximum Gasteiger partial charge on any atom is 0.136 e. The molecule has 0 aromatic heterocycles. The Morgan fingerprint density at radius 2 is 2.05 bits per heavy atom. The van der Waals surface area contributed by atoms with Crippen molar-refractivity contribution in [2.45, 2.75) is 50.0 Å². The zero-order chi connectivity index (χ0) is 15.7. The van der Waals surface area contributed by atoms with Gasteiger partial charge in [-0.15, -0.1) is 11.8 Å². The quantitative estimate of drug-likeness (QED) is 0.506. The van der Waals surface area contributed by atoms with E-state index in [-0.39, 0.29) is 18.0 Å². The van der Waals surface area contributed by atoms with E-state index < -0.39 is 5.82 Å². The molecule has 0 saturated heterocycles. The van der Waals surface area contributed by atoms with Gasteiger partial charge in [0.05, 0.1) is 6.61 Å². The van der Waals surface area contributed by atoms with Gasteiger partial charge in [-0.05, 0) is 56.7 Å². The highest BCUT2D eigenvalue weighted by atomic mass is 32.2. The molecule has 0 spiro atoms. The molecule has 2 N–H and O–H groups in total. The van der Waals surface area contributed by atoms with Gasteiger partial charge in [0.15, 0.2) is 0 Å². The number of hydrogen-bond acceptors (Lipinski definition) is 3. The lowest BCUT2D eigenvalue weighted by atomic mass is 9.96. The Morgan fingerprint density at radius 1 is 1.29 bits per heavy atom. The fourth-order valence-corrected chi connectivity index (χ4v) is 3.01. The Kier molecular flexibility index (Phi) is 8.22. The van der Waals surface area contributed by atoms with Gasteiger partial charge in [0.1, 0.15) is 11.6 Å². The van der Waals surface area contributed by atoms with Crippen LogP contribution in [-0.2, 0) is 0 Å². The molecule has 0 amide bonds. The standard InChI is InChI=1S/C16H25F2NOS/c1-3-9-19-16(2,12-20)8-4-5-10-21-15-11-13(17)6-7-14(15)18/h6-7,11,19-20H,3-5,8-10,12H2,1-2H3. The van der Waals surface area contributed by atoms with E-state index in [1.54, 1.807) is 0 Å². The lowest BCUT2D eigenvalue weighted by Crippen LogP contribution is -2.46. The van der Waals surface area contributed by atoms with Gasteiger partial charge < -0.3 is 10.4 Å². The fraction of sp³-hybridized carbons (Fsp3) is 0.625. The molecule has 0 fully saturated rings. The van der Waals surface area contributed by atoms with Crippen LogP contribution in [0.2, 0.25) is 0 Å². The number of nitrogens with one attached hydrogen (secondary N) is 1. The number of benzene rings is 1. The first-order chi connectivity index (χ1) is 10.0. The summed E-state index contributed by atoms with van der Waals surface area (Å²) in [6, 6.07) is 3.53. The minimum absolute atomic E-state index is 0.110. The number of rotatable bonds is 10.